The van der Waals surface area contributed by atoms with Crippen molar-refractivity contribution in [3.63, 3.8) is 0 Å². The molecule has 0 aromatic heterocycles. The molecule has 4 nitrogen and oxygen atoms in total. The lowest BCUT2D eigenvalue weighted by atomic mass is 10.1. The first-order valence-electron chi connectivity index (χ1n) is 8.01. The molecule has 0 heterocycles. The predicted molar refractivity (Wildman–Crippen MR) is 96.9 cm³/mol. The van der Waals surface area contributed by atoms with Crippen LogP contribution in [0.25, 0.3) is 0 Å². The smallest absolute Gasteiger partial charge is 0.242 e. The van der Waals surface area contributed by atoms with E-state index in [1.54, 1.807) is 11.9 Å². The molecule has 2 aromatic rings. The zero-order valence-corrected chi connectivity index (χ0v) is 14.7. The van der Waals surface area contributed by atoms with Gasteiger partial charge in [-0.3, -0.25) is 9.59 Å². The summed E-state index contributed by atoms with van der Waals surface area (Å²) in [5.74, 6) is -0.227. The van der Waals surface area contributed by atoms with Crippen LogP contribution in [-0.4, -0.2) is 30.3 Å². The highest BCUT2D eigenvalue weighted by molar-refractivity contribution is 5.97. The topological polar surface area (TPSA) is 40.6 Å². The van der Waals surface area contributed by atoms with Gasteiger partial charge in [0.15, 0.2) is 0 Å². The second-order valence-corrected chi connectivity index (χ2v) is 6.19. The van der Waals surface area contributed by atoms with Gasteiger partial charge in [0.25, 0.3) is 0 Å². The first-order chi connectivity index (χ1) is 11.4. The summed E-state index contributed by atoms with van der Waals surface area (Å²) in [4.78, 5) is 27.8. The number of amides is 2. The quantitative estimate of drug-likeness (QED) is 0.846. The van der Waals surface area contributed by atoms with Gasteiger partial charge in [0.1, 0.15) is 6.54 Å². The van der Waals surface area contributed by atoms with Crippen molar-refractivity contribution in [2.24, 2.45) is 0 Å². The Morgan fingerprint density at radius 2 is 1.54 bits per heavy atom. The van der Waals surface area contributed by atoms with E-state index in [4.69, 9.17) is 0 Å². The second kappa shape index (κ2) is 7.77. The van der Waals surface area contributed by atoms with E-state index in [0.717, 1.165) is 22.4 Å². The molecule has 0 spiro atoms. The molecular formula is C20H24N2O2. The molecule has 0 atom stereocenters. The molecule has 0 saturated carbocycles. The molecule has 2 aromatic carbocycles. The van der Waals surface area contributed by atoms with Gasteiger partial charge < -0.3 is 9.80 Å². The number of carbonyl (C=O) groups excluding carboxylic acids is 2. The van der Waals surface area contributed by atoms with Gasteiger partial charge in [0, 0.05) is 26.2 Å². The van der Waals surface area contributed by atoms with Crippen LogP contribution in [0.15, 0.2) is 48.5 Å². The Kier molecular flexibility index (Phi) is 5.74. The van der Waals surface area contributed by atoms with Crippen LogP contribution in [0.5, 0.6) is 0 Å². The maximum absolute atomic E-state index is 12.5. The molecule has 2 rings (SSSR count). The lowest BCUT2D eigenvalue weighted by molar-refractivity contribution is -0.130. The van der Waals surface area contributed by atoms with Crippen LogP contribution in [0.3, 0.4) is 0 Å². The zero-order chi connectivity index (χ0) is 17.7. The summed E-state index contributed by atoms with van der Waals surface area (Å²) < 4.78 is 0. The Labute approximate surface area is 143 Å². The van der Waals surface area contributed by atoms with Crippen molar-refractivity contribution in [2.75, 3.05) is 18.5 Å². The summed E-state index contributed by atoms with van der Waals surface area (Å²) in [5, 5.41) is 0. The summed E-state index contributed by atoms with van der Waals surface area (Å²) >= 11 is 0. The molecule has 0 aliphatic heterocycles. The SMILES string of the molecule is CC(=O)N(CC(=O)N(C)Cc1ccccc1)c1cc(C)cc(C)c1. The minimum Gasteiger partial charge on any atom is -0.340 e. The maximum atomic E-state index is 12.5. The van der Waals surface area contributed by atoms with Crippen LogP contribution >= 0.6 is 0 Å². The average Bonchev–Trinajstić information content (AvgIpc) is 2.51. The first-order valence-corrected chi connectivity index (χ1v) is 8.01. The van der Waals surface area contributed by atoms with E-state index in [2.05, 4.69) is 0 Å². The third-order valence-electron chi connectivity index (χ3n) is 3.88. The van der Waals surface area contributed by atoms with Crippen LogP contribution in [0.2, 0.25) is 0 Å². The van der Waals surface area contributed by atoms with Gasteiger partial charge in [0.05, 0.1) is 0 Å². The zero-order valence-electron chi connectivity index (χ0n) is 14.7. The van der Waals surface area contributed by atoms with Crippen molar-refractivity contribution < 1.29 is 9.59 Å². The monoisotopic (exact) mass is 324 g/mol. The summed E-state index contributed by atoms with van der Waals surface area (Å²) in [6.45, 7) is 6.03. The molecule has 0 fully saturated rings. The van der Waals surface area contributed by atoms with Gasteiger partial charge in [-0.05, 0) is 42.7 Å². The number of nitrogens with zero attached hydrogens (tertiary/aromatic N) is 2. The van der Waals surface area contributed by atoms with Gasteiger partial charge in [0.2, 0.25) is 11.8 Å². The van der Waals surface area contributed by atoms with E-state index in [9.17, 15) is 9.59 Å². The number of hydrogen-bond acceptors (Lipinski definition) is 2. The summed E-state index contributed by atoms with van der Waals surface area (Å²) in [6.07, 6.45) is 0. The fourth-order valence-electron chi connectivity index (χ4n) is 2.69. The number of rotatable bonds is 5. The Hall–Kier alpha value is -2.62. The molecule has 0 unspecified atom stereocenters. The van der Waals surface area contributed by atoms with Crippen LogP contribution in [0, 0.1) is 13.8 Å². The average molecular weight is 324 g/mol. The van der Waals surface area contributed by atoms with E-state index in [-0.39, 0.29) is 18.4 Å². The van der Waals surface area contributed by atoms with Crippen molar-refractivity contribution in [3.8, 4) is 0 Å². The van der Waals surface area contributed by atoms with Gasteiger partial charge in [-0.1, -0.05) is 36.4 Å². The first kappa shape index (κ1) is 17.7. The molecule has 0 bridgehead atoms. The van der Waals surface area contributed by atoms with Gasteiger partial charge in [-0.15, -0.1) is 0 Å². The molecule has 126 valence electrons. The molecule has 0 aliphatic carbocycles. The Balaban J connectivity index is 2.12. The minimum absolute atomic E-state index is 0.0432. The van der Waals surface area contributed by atoms with Crippen molar-refractivity contribution in [2.45, 2.75) is 27.3 Å². The van der Waals surface area contributed by atoms with Crippen LogP contribution in [0.4, 0.5) is 5.69 Å². The highest BCUT2D eigenvalue weighted by Crippen LogP contribution is 2.19. The van der Waals surface area contributed by atoms with Gasteiger partial charge in [-0.2, -0.15) is 0 Å². The molecule has 0 N–H and O–H groups in total. The summed E-state index contributed by atoms with van der Waals surface area (Å²) in [7, 11) is 1.76. The molecule has 2 amide bonds. The number of likely N-dealkylation sites (N-methyl/N-ethyl adjacent to an activating group) is 1. The molecule has 4 heteroatoms. The van der Waals surface area contributed by atoms with Crippen molar-refractivity contribution in [1.29, 1.82) is 0 Å². The van der Waals surface area contributed by atoms with E-state index >= 15 is 0 Å². The van der Waals surface area contributed by atoms with Crippen molar-refractivity contribution in [1.82, 2.24) is 4.90 Å². The lowest BCUT2D eigenvalue weighted by Gasteiger charge is -2.25. The van der Waals surface area contributed by atoms with Crippen molar-refractivity contribution >= 4 is 17.5 Å². The normalized spacial score (nSPS) is 10.3. The Morgan fingerprint density at radius 1 is 0.958 bits per heavy atom. The molecule has 0 radical (unpaired) electrons. The second-order valence-electron chi connectivity index (χ2n) is 6.19. The number of carbonyl (C=O) groups is 2. The Morgan fingerprint density at radius 3 is 2.08 bits per heavy atom. The fourth-order valence-corrected chi connectivity index (χ4v) is 2.69. The highest BCUT2D eigenvalue weighted by Gasteiger charge is 2.19. The number of anilines is 1. The summed E-state index contributed by atoms with van der Waals surface area (Å²) in [5.41, 5.74) is 3.97. The van der Waals surface area contributed by atoms with E-state index in [1.165, 1.54) is 11.8 Å². The van der Waals surface area contributed by atoms with E-state index < -0.39 is 0 Å². The Bertz CT molecular complexity index is 705. The third-order valence-corrected chi connectivity index (χ3v) is 3.88. The largest absolute Gasteiger partial charge is 0.340 e. The summed E-state index contributed by atoms with van der Waals surface area (Å²) in [6, 6.07) is 15.7. The van der Waals surface area contributed by atoms with Crippen LogP contribution in [0.1, 0.15) is 23.6 Å². The van der Waals surface area contributed by atoms with E-state index in [1.807, 2.05) is 62.4 Å². The molecule has 24 heavy (non-hydrogen) atoms. The maximum Gasteiger partial charge on any atom is 0.242 e. The van der Waals surface area contributed by atoms with Crippen molar-refractivity contribution in [3.05, 3.63) is 65.2 Å². The third kappa shape index (κ3) is 4.69. The molecule has 0 saturated heterocycles. The molecule has 0 aliphatic rings. The number of aryl methyl sites for hydroxylation is 2. The van der Waals surface area contributed by atoms with Gasteiger partial charge >= 0.3 is 0 Å². The predicted octanol–water partition coefficient (Wildman–Crippen LogP) is 3.31. The standard InChI is InChI=1S/C20H24N2O2/c1-15-10-16(2)12-19(11-15)22(17(3)23)14-20(24)21(4)13-18-8-6-5-7-9-18/h5-12H,13-14H2,1-4H3. The van der Waals surface area contributed by atoms with Crippen LogP contribution in [-0.2, 0) is 16.1 Å². The lowest BCUT2D eigenvalue weighted by Crippen LogP contribution is -2.40. The molecular weight excluding hydrogens is 300 g/mol. The number of hydrogen-bond donors (Lipinski definition) is 0. The van der Waals surface area contributed by atoms with Gasteiger partial charge in [-0.25, -0.2) is 0 Å². The van der Waals surface area contributed by atoms with Crippen LogP contribution < -0.4 is 4.90 Å². The fraction of sp³-hybridized carbons (Fsp3) is 0.300. The minimum atomic E-state index is -0.138. The highest BCUT2D eigenvalue weighted by atomic mass is 16.2. The van der Waals surface area contributed by atoms with E-state index in [0.29, 0.717) is 6.54 Å². The number of benzene rings is 2.